The number of benzene rings is 1. The lowest BCUT2D eigenvalue weighted by molar-refractivity contribution is -0.139. The molecule has 1 aromatic carbocycles. The standard InChI is InChI=1S/C20H22N4O2S/c1-5-26-19(25)16-12(4)23-20-24(18(22)15(10-21)27-20)17(16)14-8-6-13(7-9-14)11(2)3/h6-9,11,17H,5,22H2,1-4H3/t17-/m0/s1. The van der Waals surface area contributed by atoms with Crippen LogP contribution in [0.5, 0.6) is 0 Å². The Bertz CT molecular complexity index is 907. The second-order valence-electron chi connectivity index (χ2n) is 6.64. The molecule has 0 spiro atoms. The molecule has 7 heteroatoms. The van der Waals surface area contributed by atoms with Crippen molar-refractivity contribution in [3.63, 3.8) is 0 Å². The Hall–Kier alpha value is -2.72. The van der Waals surface area contributed by atoms with Crippen molar-refractivity contribution in [3.05, 3.63) is 57.4 Å². The van der Waals surface area contributed by atoms with Crippen LogP contribution >= 0.6 is 11.8 Å². The van der Waals surface area contributed by atoms with Crippen LogP contribution in [-0.4, -0.2) is 22.6 Å². The van der Waals surface area contributed by atoms with Gasteiger partial charge in [-0.2, -0.15) is 5.26 Å². The molecule has 2 N–H and O–H groups in total. The number of amidine groups is 1. The normalized spacial score (nSPS) is 19.2. The Morgan fingerprint density at radius 1 is 1.41 bits per heavy atom. The maximum Gasteiger partial charge on any atom is 0.338 e. The maximum absolute atomic E-state index is 12.7. The van der Waals surface area contributed by atoms with Crippen LogP contribution in [0.3, 0.4) is 0 Å². The number of hydrogen-bond donors (Lipinski definition) is 1. The lowest BCUT2D eigenvalue weighted by Crippen LogP contribution is -2.38. The minimum Gasteiger partial charge on any atom is -0.463 e. The van der Waals surface area contributed by atoms with E-state index in [2.05, 4.69) is 37.0 Å². The lowest BCUT2D eigenvalue weighted by atomic mass is 9.92. The first-order valence-electron chi connectivity index (χ1n) is 8.82. The number of nitrogens with two attached hydrogens (primary N) is 1. The van der Waals surface area contributed by atoms with E-state index in [0.29, 0.717) is 33.1 Å². The largest absolute Gasteiger partial charge is 0.463 e. The van der Waals surface area contributed by atoms with Crippen molar-refractivity contribution < 1.29 is 9.53 Å². The van der Waals surface area contributed by atoms with Gasteiger partial charge in [0.2, 0.25) is 0 Å². The highest BCUT2D eigenvalue weighted by molar-refractivity contribution is 8.17. The second kappa shape index (κ2) is 7.49. The Morgan fingerprint density at radius 3 is 2.63 bits per heavy atom. The third kappa shape index (κ3) is 3.33. The van der Waals surface area contributed by atoms with E-state index in [9.17, 15) is 10.1 Å². The van der Waals surface area contributed by atoms with Crippen molar-refractivity contribution in [3.8, 4) is 6.07 Å². The van der Waals surface area contributed by atoms with Gasteiger partial charge in [-0.3, -0.25) is 4.90 Å². The lowest BCUT2D eigenvalue weighted by Gasteiger charge is -2.35. The maximum atomic E-state index is 12.7. The molecule has 0 saturated heterocycles. The first kappa shape index (κ1) is 19.1. The molecular weight excluding hydrogens is 360 g/mol. The number of fused-ring (bicyclic) bond motifs is 1. The molecule has 2 heterocycles. The van der Waals surface area contributed by atoms with Crippen molar-refractivity contribution in [1.82, 2.24) is 4.90 Å². The Balaban J connectivity index is 2.14. The van der Waals surface area contributed by atoms with E-state index in [0.717, 1.165) is 5.56 Å². The highest BCUT2D eigenvalue weighted by Crippen LogP contribution is 2.45. The predicted octanol–water partition coefficient (Wildman–Crippen LogP) is 3.76. The molecular formula is C20H22N4O2S. The van der Waals surface area contributed by atoms with Crippen LogP contribution in [0.15, 0.2) is 51.3 Å². The smallest absolute Gasteiger partial charge is 0.338 e. The first-order chi connectivity index (χ1) is 12.9. The summed E-state index contributed by atoms with van der Waals surface area (Å²) in [5.41, 5.74) is 9.37. The predicted molar refractivity (Wildman–Crippen MR) is 106 cm³/mol. The van der Waals surface area contributed by atoms with E-state index >= 15 is 0 Å². The van der Waals surface area contributed by atoms with Crippen LogP contribution in [0.25, 0.3) is 0 Å². The summed E-state index contributed by atoms with van der Waals surface area (Å²) < 4.78 is 5.28. The van der Waals surface area contributed by atoms with Crippen molar-refractivity contribution in [1.29, 1.82) is 5.26 Å². The van der Waals surface area contributed by atoms with Gasteiger partial charge in [-0.05, 0) is 42.7 Å². The zero-order chi connectivity index (χ0) is 19.7. The molecule has 6 nitrogen and oxygen atoms in total. The SMILES string of the molecule is CCOC(=O)C1=C(C)N=C2SC(C#N)=C(N)N2[C@H]1c1ccc(C(C)C)cc1. The number of hydrogen-bond acceptors (Lipinski definition) is 7. The molecule has 140 valence electrons. The van der Waals surface area contributed by atoms with E-state index in [1.807, 2.05) is 12.1 Å². The molecule has 1 aromatic rings. The van der Waals surface area contributed by atoms with Gasteiger partial charge in [-0.25, -0.2) is 9.79 Å². The molecule has 2 aliphatic rings. The molecule has 0 fully saturated rings. The third-order valence-corrected chi connectivity index (χ3v) is 5.57. The average molecular weight is 382 g/mol. The van der Waals surface area contributed by atoms with E-state index in [4.69, 9.17) is 10.5 Å². The van der Waals surface area contributed by atoms with Crippen LogP contribution in [-0.2, 0) is 9.53 Å². The Labute approximate surface area is 163 Å². The summed E-state index contributed by atoms with van der Waals surface area (Å²) in [6.07, 6.45) is 0. The summed E-state index contributed by atoms with van der Waals surface area (Å²) in [6.45, 7) is 8.09. The van der Waals surface area contributed by atoms with Crippen LogP contribution < -0.4 is 5.73 Å². The molecule has 0 bridgehead atoms. The minimum absolute atomic E-state index is 0.273. The van der Waals surface area contributed by atoms with Crippen LogP contribution in [0, 0.1) is 11.3 Å². The van der Waals surface area contributed by atoms with Crippen LogP contribution in [0.1, 0.15) is 50.8 Å². The van der Waals surface area contributed by atoms with Gasteiger partial charge in [0.05, 0.1) is 23.9 Å². The monoisotopic (exact) mass is 382 g/mol. The van der Waals surface area contributed by atoms with E-state index in [1.165, 1.54) is 17.3 Å². The summed E-state index contributed by atoms with van der Waals surface area (Å²) >= 11 is 1.22. The quantitative estimate of drug-likeness (QED) is 0.797. The second-order valence-corrected chi connectivity index (χ2v) is 7.61. The highest BCUT2D eigenvalue weighted by atomic mass is 32.2. The number of carbonyl (C=O) groups is 1. The minimum atomic E-state index is -0.476. The number of thioether (sulfide) groups is 1. The summed E-state index contributed by atoms with van der Waals surface area (Å²) in [4.78, 5) is 19.4. The van der Waals surface area contributed by atoms with Gasteiger partial charge in [0.1, 0.15) is 16.8 Å². The zero-order valence-electron chi connectivity index (χ0n) is 15.8. The number of carbonyl (C=O) groups excluding carboxylic acids is 1. The van der Waals surface area contributed by atoms with Crippen molar-refractivity contribution >= 4 is 22.9 Å². The van der Waals surface area contributed by atoms with Gasteiger partial charge in [-0.1, -0.05) is 38.1 Å². The Morgan fingerprint density at radius 2 is 2.07 bits per heavy atom. The van der Waals surface area contributed by atoms with Gasteiger partial charge in [0.25, 0.3) is 0 Å². The topological polar surface area (TPSA) is 91.7 Å². The molecule has 2 aliphatic heterocycles. The molecule has 0 aromatic heterocycles. The van der Waals surface area contributed by atoms with Crippen LogP contribution in [0.2, 0.25) is 0 Å². The average Bonchev–Trinajstić information content (AvgIpc) is 2.96. The number of aliphatic imine (C=N–C) groups is 1. The van der Waals surface area contributed by atoms with Gasteiger partial charge in [0, 0.05) is 0 Å². The molecule has 0 saturated carbocycles. The zero-order valence-corrected chi connectivity index (χ0v) is 16.6. The van der Waals surface area contributed by atoms with Crippen molar-refractivity contribution in [2.45, 2.75) is 39.7 Å². The summed E-state index contributed by atoms with van der Waals surface area (Å²) in [6, 6.07) is 9.74. The van der Waals surface area contributed by atoms with E-state index < -0.39 is 12.0 Å². The summed E-state index contributed by atoms with van der Waals surface area (Å²) in [5.74, 6) is 0.300. The molecule has 27 heavy (non-hydrogen) atoms. The molecule has 0 radical (unpaired) electrons. The van der Waals surface area contributed by atoms with Crippen molar-refractivity contribution in [2.75, 3.05) is 6.61 Å². The third-order valence-electron chi connectivity index (χ3n) is 4.59. The number of ether oxygens (including phenoxy) is 1. The van der Waals surface area contributed by atoms with Gasteiger partial charge >= 0.3 is 5.97 Å². The first-order valence-corrected chi connectivity index (χ1v) is 9.64. The molecule has 0 unspecified atom stereocenters. The van der Waals surface area contributed by atoms with E-state index in [-0.39, 0.29) is 6.61 Å². The molecule has 3 rings (SSSR count). The fraction of sp³-hybridized carbons (Fsp3) is 0.350. The van der Waals surface area contributed by atoms with Gasteiger partial charge in [0.15, 0.2) is 5.17 Å². The number of allylic oxidation sites excluding steroid dienone is 2. The molecule has 1 atom stereocenters. The summed E-state index contributed by atoms with van der Waals surface area (Å²) in [5, 5.41) is 9.97. The summed E-state index contributed by atoms with van der Waals surface area (Å²) in [7, 11) is 0. The highest BCUT2D eigenvalue weighted by Gasteiger charge is 2.42. The fourth-order valence-corrected chi connectivity index (χ4v) is 4.11. The van der Waals surface area contributed by atoms with Crippen molar-refractivity contribution in [2.24, 2.45) is 10.7 Å². The number of rotatable bonds is 4. The molecule has 0 amide bonds. The van der Waals surface area contributed by atoms with E-state index in [1.54, 1.807) is 18.7 Å². The van der Waals surface area contributed by atoms with Gasteiger partial charge in [-0.15, -0.1) is 0 Å². The van der Waals surface area contributed by atoms with Gasteiger partial charge < -0.3 is 10.5 Å². The molecule has 0 aliphatic carbocycles. The number of nitriles is 1. The number of nitrogens with zero attached hydrogens (tertiary/aromatic N) is 3. The van der Waals surface area contributed by atoms with Crippen LogP contribution in [0.4, 0.5) is 0 Å². The number of esters is 1. The Kier molecular flexibility index (Phi) is 5.29. The fourth-order valence-electron chi connectivity index (χ4n) is 3.19.